The number of guanidine groups is 1. The number of nitrogens with zero attached hydrogens (tertiary/aromatic N) is 2. The van der Waals surface area contributed by atoms with Crippen LogP contribution in [0.5, 0.6) is 0 Å². The van der Waals surface area contributed by atoms with Crippen LogP contribution in [-0.2, 0) is 6.54 Å². The van der Waals surface area contributed by atoms with E-state index in [1.165, 1.54) is 18.2 Å². The van der Waals surface area contributed by atoms with Gasteiger partial charge in [-0.05, 0) is 37.6 Å². The van der Waals surface area contributed by atoms with Crippen LogP contribution >= 0.6 is 0 Å². The normalized spacial score (nSPS) is 17.0. The first-order valence-corrected chi connectivity index (χ1v) is 9.09. The van der Waals surface area contributed by atoms with Gasteiger partial charge in [0, 0.05) is 31.7 Å². The Morgan fingerprint density at radius 2 is 2.18 bits per heavy atom. The quantitative estimate of drug-likeness (QED) is 0.517. The first-order valence-electron chi connectivity index (χ1n) is 9.09. The Bertz CT molecular complexity index is 868. The second-order valence-corrected chi connectivity index (χ2v) is 6.50. The number of amides is 1. The second-order valence-electron chi connectivity index (χ2n) is 6.50. The van der Waals surface area contributed by atoms with E-state index >= 15 is 0 Å². The van der Waals surface area contributed by atoms with Gasteiger partial charge in [0.15, 0.2) is 11.7 Å². The number of carbonyl (C=O) groups is 1. The summed E-state index contributed by atoms with van der Waals surface area (Å²) in [4.78, 5) is 17.4. The maximum absolute atomic E-state index is 14.0. The zero-order valence-corrected chi connectivity index (χ0v) is 15.5. The first kappa shape index (κ1) is 19.7. The Kier molecular flexibility index (Phi) is 6.13. The molecule has 1 aromatic heterocycles. The lowest BCUT2D eigenvalue weighted by Crippen LogP contribution is -2.44. The van der Waals surface area contributed by atoms with Crippen LogP contribution in [0, 0.1) is 11.6 Å². The molecule has 0 aliphatic carbocycles. The van der Waals surface area contributed by atoms with Crippen molar-refractivity contribution in [2.45, 2.75) is 25.9 Å². The van der Waals surface area contributed by atoms with Crippen molar-refractivity contribution >= 4 is 17.6 Å². The highest BCUT2D eigenvalue weighted by Gasteiger charge is 2.25. The summed E-state index contributed by atoms with van der Waals surface area (Å²) in [6.45, 7) is 4.08. The number of anilines is 1. The van der Waals surface area contributed by atoms with Gasteiger partial charge in [-0.3, -0.25) is 4.79 Å². The number of halogens is 2. The van der Waals surface area contributed by atoms with Crippen molar-refractivity contribution in [3.8, 4) is 0 Å². The standard InChI is InChI=1S/C19H23F2N5O2/c1-2-23-19(24-10-14-4-6-17(28-14)18(22)27)25-13-7-8-26(11-13)16-5-3-12(20)9-15(16)21/h3-6,9,13H,2,7-8,10-11H2,1H3,(H2,22,27)(H2,23,24,25). The molecule has 1 amide bonds. The van der Waals surface area contributed by atoms with E-state index in [-0.39, 0.29) is 18.3 Å². The minimum absolute atomic E-state index is 0.0556. The largest absolute Gasteiger partial charge is 0.454 e. The van der Waals surface area contributed by atoms with E-state index in [9.17, 15) is 13.6 Å². The topological polar surface area (TPSA) is 95.9 Å². The average Bonchev–Trinajstić information content (AvgIpc) is 3.29. The van der Waals surface area contributed by atoms with Crippen molar-refractivity contribution in [1.82, 2.24) is 10.6 Å². The number of carbonyl (C=O) groups excluding carboxylic acids is 1. The monoisotopic (exact) mass is 391 g/mol. The molecule has 1 aliphatic heterocycles. The smallest absolute Gasteiger partial charge is 0.284 e. The molecule has 28 heavy (non-hydrogen) atoms. The SMILES string of the molecule is CCNC(=NCc1ccc(C(N)=O)o1)NC1CCN(c2ccc(F)cc2F)C1. The molecule has 4 N–H and O–H groups in total. The molecule has 7 nitrogen and oxygen atoms in total. The van der Waals surface area contributed by atoms with E-state index in [0.717, 1.165) is 12.5 Å². The van der Waals surface area contributed by atoms with E-state index in [0.29, 0.717) is 37.0 Å². The van der Waals surface area contributed by atoms with Crippen molar-refractivity contribution in [3.63, 3.8) is 0 Å². The maximum atomic E-state index is 14.0. The predicted molar refractivity (Wildman–Crippen MR) is 102 cm³/mol. The zero-order valence-electron chi connectivity index (χ0n) is 15.5. The van der Waals surface area contributed by atoms with E-state index in [2.05, 4.69) is 15.6 Å². The number of rotatable bonds is 6. The van der Waals surface area contributed by atoms with E-state index in [4.69, 9.17) is 10.2 Å². The van der Waals surface area contributed by atoms with Gasteiger partial charge in [0.05, 0.1) is 5.69 Å². The Hall–Kier alpha value is -3.10. The number of benzene rings is 1. The van der Waals surface area contributed by atoms with Crippen LogP contribution in [0.4, 0.5) is 14.5 Å². The lowest BCUT2D eigenvalue weighted by Gasteiger charge is -2.20. The Morgan fingerprint density at radius 1 is 1.36 bits per heavy atom. The van der Waals surface area contributed by atoms with Gasteiger partial charge in [0.2, 0.25) is 0 Å². The molecule has 1 fully saturated rings. The lowest BCUT2D eigenvalue weighted by atomic mass is 10.2. The molecule has 3 rings (SSSR count). The van der Waals surface area contributed by atoms with Gasteiger partial charge in [-0.25, -0.2) is 13.8 Å². The van der Waals surface area contributed by atoms with Crippen LogP contribution in [0.1, 0.15) is 29.7 Å². The van der Waals surface area contributed by atoms with Crippen molar-refractivity contribution in [2.75, 3.05) is 24.5 Å². The highest BCUT2D eigenvalue weighted by atomic mass is 19.1. The number of nitrogens with two attached hydrogens (primary N) is 1. The Labute approximate surface area is 161 Å². The van der Waals surface area contributed by atoms with Gasteiger partial charge < -0.3 is 25.7 Å². The second kappa shape index (κ2) is 8.73. The average molecular weight is 391 g/mol. The molecule has 0 bridgehead atoms. The molecule has 0 spiro atoms. The van der Waals surface area contributed by atoms with E-state index < -0.39 is 17.5 Å². The molecule has 2 heterocycles. The van der Waals surface area contributed by atoms with E-state index in [1.54, 1.807) is 6.07 Å². The first-order chi connectivity index (χ1) is 13.5. The number of hydrogen-bond acceptors (Lipinski definition) is 4. The fourth-order valence-corrected chi connectivity index (χ4v) is 3.10. The lowest BCUT2D eigenvalue weighted by molar-refractivity contribution is 0.0972. The summed E-state index contributed by atoms with van der Waals surface area (Å²) in [5.74, 6) is -0.577. The van der Waals surface area contributed by atoms with Crippen LogP contribution in [-0.4, -0.2) is 37.5 Å². The fraction of sp³-hybridized carbons (Fsp3) is 0.368. The van der Waals surface area contributed by atoms with Gasteiger partial charge in [-0.1, -0.05) is 0 Å². The van der Waals surface area contributed by atoms with Gasteiger partial charge in [0.1, 0.15) is 23.9 Å². The summed E-state index contributed by atoms with van der Waals surface area (Å²) < 4.78 is 32.4. The molecule has 1 atom stereocenters. The van der Waals surface area contributed by atoms with Crippen LogP contribution in [0.2, 0.25) is 0 Å². The van der Waals surface area contributed by atoms with E-state index in [1.807, 2.05) is 11.8 Å². The maximum Gasteiger partial charge on any atom is 0.284 e. The van der Waals surface area contributed by atoms with Crippen molar-refractivity contribution in [1.29, 1.82) is 0 Å². The molecule has 1 saturated heterocycles. The van der Waals surface area contributed by atoms with Crippen LogP contribution in [0.25, 0.3) is 0 Å². The number of furan rings is 1. The summed E-state index contributed by atoms with van der Waals surface area (Å²) >= 11 is 0. The molecule has 0 saturated carbocycles. The highest BCUT2D eigenvalue weighted by Crippen LogP contribution is 2.24. The van der Waals surface area contributed by atoms with Crippen LogP contribution < -0.4 is 21.3 Å². The Morgan fingerprint density at radius 3 is 2.86 bits per heavy atom. The number of hydrogen-bond donors (Lipinski definition) is 3. The van der Waals surface area contributed by atoms with Gasteiger partial charge in [-0.15, -0.1) is 0 Å². The third-order valence-electron chi connectivity index (χ3n) is 4.42. The van der Waals surface area contributed by atoms with Gasteiger partial charge >= 0.3 is 0 Å². The molecule has 1 aliphatic rings. The molecule has 0 radical (unpaired) electrons. The van der Waals surface area contributed by atoms with Gasteiger partial charge in [0.25, 0.3) is 5.91 Å². The summed E-state index contributed by atoms with van der Waals surface area (Å²) in [7, 11) is 0. The highest BCUT2D eigenvalue weighted by molar-refractivity contribution is 5.89. The minimum atomic E-state index is -0.626. The molecular weight excluding hydrogens is 368 g/mol. The minimum Gasteiger partial charge on any atom is -0.454 e. The summed E-state index contributed by atoms with van der Waals surface area (Å²) in [6.07, 6.45) is 0.786. The molecule has 150 valence electrons. The Balaban J connectivity index is 1.61. The molecule has 9 heteroatoms. The molecule has 1 aromatic carbocycles. The summed E-state index contributed by atoms with van der Waals surface area (Å²) in [6, 6.07) is 6.83. The van der Waals surface area contributed by atoms with Crippen LogP contribution in [0.3, 0.4) is 0 Å². The third-order valence-corrected chi connectivity index (χ3v) is 4.42. The van der Waals surface area contributed by atoms with Crippen molar-refractivity contribution in [3.05, 3.63) is 53.5 Å². The molecule has 1 unspecified atom stereocenters. The van der Waals surface area contributed by atoms with Crippen molar-refractivity contribution < 1.29 is 18.0 Å². The molecular formula is C19H23F2N5O2. The fourth-order valence-electron chi connectivity index (χ4n) is 3.10. The predicted octanol–water partition coefficient (Wildman–Crippen LogP) is 1.99. The molecule has 2 aromatic rings. The third kappa shape index (κ3) is 4.79. The zero-order chi connectivity index (χ0) is 20.1. The number of aliphatic imine (C=N–C) groups is 1. The van der Waals surface area contributed by atoms with Crippen molar-refractivity contribution in [2.24, 2.45) is 10.7 Å². The number of nitrogens with one attached hydrogen (secondary N) is 2. The van der Waals surface area contributed by atoms with Gasteiger partial charge in [-0.2, -0.15) is 0 Å². The summed E-state index contributed by atoms with van der Waals surface area (Å²) in [5.41, 5.74) is 5.57. The van der Waals surface area contributed by atoms with Crippen LogP contribution in [0.15, 0.2) is 39.7 Å². The number of primary amides is 1. The summed E-state index contributed by atoms with van der Waals surface area (Å²) in [5, 5.41) is 6.46.